The van der Waals surface area contributed by atoms with E-state index in [0.717, 1.165) is 6.42 Å². The zero-order valence-corrected chi connectivity index (χ0v) is 14.4. The van der Waals surface area contributed by atoms with Gasteiger partial charge < -0.3 is 20.3 Å². The van der Waals surface area contributed by atoms with Crippen molar-refractivity contribution in [2.75, 3.05) is 31.6 Å². The quantitative estimate of drug-likeness (QED) is 0.712. The molecule has 9 heteroatoms. The van der Waals surface area contributed by atoms with E-state index in [-0.39, 0.29) is 23.9 Å². The molecule has 25 heavy (non-hydrogen) atoms. The summed E-state index contributed by atoms with van der Waals surface area (Å²) in [7, 11) is 1.44. The molecule has 0 spiro atoms. The molecule has 2 N–H and O–H groups in total. The first-order valence-corrected chi connectivity index (χ1v) is 8.04. The van der Waals surface area contributed by atoms with Crippen LogP contribution >= 0.6 is 11.6 Å². The molecule has 0 aliphatic carbocycles. The summed E-state index contributed by atoms with van der Waals surface area (Å²) < 4.78 is 4.91. The average molecular weight is 368 g/mol. The third-order valence-electron chi connectivity index (χ3n) is 3.61. The molecule has 0 atom stereocenters. The van der Waals surface area contributed by atoms with Gasteiger partial charge in [-0.2, -0.15) is 0 Å². The van der Waals surface area contributed by atoms with Crippen LogP contribution in [0.25, 0.3) is 0 Å². The van der Waals surface area contributed by atoms with Crippen LogP contribution in [0.5, 0.6) is 0 Å². The smallest absolute Gasteiger partial charge is 0.338 e. The fourth-order valence-corrected chi connectivity index (χ4v) is 2.50. The van der Waals surface area contributed by atoms with E-state index < -0.39 is 18.5 Å². The minimum atomic E-state index is -0.723. The van der Waals surface area contributed by atoms with Crippen molar-refractivity contribution in [2.24, 2.45) is 0 Å². The Balaban J connectivity index is 1.96. The predicted octanol–water partition coefficient (Wildman–Crippen LogP) is 0.486. The molecule has 0 bridgehead atoms. The topological polar surface area (TPSA) is 105 Å². The van der Waals surface area contributed by atoms with Crippen LogP contribution in [0.4, 0.5) is 5.69 Å². The SMILES string of the molecule is CNC(=O)CNC(=O)COC(=O)c1ccc(Cl)c(N2CCCC2=O)c1. The zero-order chi connectivity index (χ0) is 18.4. The molecule has 0 saturated carbocycles. The lowest BCUT2D eigenvalue weighted by Gasteiger charge is -2.18. The summed E-state index contributed by atoms with van der Waals surface area (Å²) in [6, 6.07) is 4.43. The van der Waals surface area contributed by atoms with Gasteiger partial charge in [0.2, 0.25) is 11.8 Å². The maximum Gasteiger partial charge on any atom is 0.338 e. The summed E-state index contributed by atoms with van der Waals surface area (Å²) in [5.74, 6) is -1.74. The van der Waals surface area contributed by atoms with Crippen LogP contribution in [0.2, 0.25) is 5.02 Å². The Bertz CT molecular complexity index is 707. The lowest BCUT2D eigenvalue weighted by atomic mass is 10.2. The molecule has 3 amide bonds. The van der Waals surface area contributed by atoms with E-state index in [2.05, 4.69) is 10.6 Å². The molecule has 134 valence electrons. The first kappa shape index (κ1) is 18.7. The Kier molecular flexibility index (Phi) is 6.35. The Hall–Kier alpha value is -2.61. The standard InChI is InChI=1S/C16H18ClN3O5/c1-18-13(21)8-19-14(22)9-25-16(24)10-4-5-11(17)12(7-10)20-6-2-3-15(20)23/h4-5,7H,2-3,6,8-9H2,1H3,(H,18,21)(H,19,22). The summed E-state index contributed by atoms with van der Waals surface area (Å²) in [6.45, 7) is -0.176. The number of amides is 3. The lowest BCUT2D eigenvalue weighted by Crippen LogP contribution is -2.37. The molecule has 0 unspecified atom stereocenters. The van der Waals surface area contributed by atoms with Crippen LogP contribution in [-0.4, -0.2) is 50.4 Å². The van der Waals surface area contributed by atoms with Crippen LogP contribution in [0, 0.1) is 0 Å². The van der Waals surface area contributed by atoms with Crippen molar-refractivity contribution in [1.29, 1.82) is 0 Å². The van der Waals surface area contributed by atoms with E-state index in [1.54, 1.807) is 0 Å². The minimum Gasteiger partial charge on any atom is -0.452 e. The van der Waals surface area contributed by atoms with Crippen molar-refractivity contribution in [1.82, 2.24) is 10.6 Å². The first-order chi connectivity index (χ1) is 11.9. The number of carbonyl (C=O) groups is 4. The number of halogens is 1. The van der Waals surface area contributed by atoms with Crippen LogP contribution < -0.4 is 15.5 Å². The fraction of sp³-hybridized carbons (Fsp3) is 0.375. The molecule has 1 fully saturated rings. The van der Waals surface area contributed by atoms with Crippen LogP contribution in [0.3, 0.4) is 0 Å². The van der Waals surface area contributed by atoms with Gasteiger partial charge in [-0.1, -0.05) is 11.6 Å². The van der Waals surface area contributed by atoms with Crippen LogP contribution in [0.1, 0.15) is 23.2 Å². The fourth-order valence-electron chi connectivity index (χ4n) is 2.28. The first-order valence-electron chi connectivity index (χ1n) is 7.66. The van der Waals surface area contributed by atoms with Crippen LogP contribution in [-0.2, 0) is 19.1 Å². The number of benzene rings is 1. The number of esters is 1. The minimum absolute atomic E-state index is 0.0546. The highest BCUT2D eigenvalue weighted by Crippen LogP contribution is 2.30. The second kappa shape index (κ2) is 8.48. The van der Waals surface area contributed by atoms with Gasteiger partial charge in [0.05, 0.1) is 22.8 Å². The molecule has 0 radical (unpaired) electrons. The summed E-state index contributed by atoms with van der Waals surface area (Å²) in [4.78, 5) is 48.0. The molecule has 1 aromatic rings. The molecule has 1 heterocycles. The summed E-state index contributed by atoms with van der Waals surface area (Å²) in [6.07, 6.45) is 1.17. The number of likely N-dealkylation sites (N-methyl/N-ethyl adjacent to an activating group) is 1. The molecule has 0 aromatic heterocycles. The van der Waals surface area contributed by atoms with E-state index >= 15 is 0 Å². The van der Waals surface area contributed by atoms with Gasteiger partial charge in [0.25, 0.3) is 5.91 Å². The predicted molar refractivity (Wildman–Crippen MR) is 90.4 cm³/mol. The van der Waals surface area contributed by atoms with E-state index in [1.807, 2.05) is 0 Å². The third kappa shape index (κ3) is 4.93. The van der Waals surface area contributed by atoms with Gasteiger partial charge in [-0.3, -0.25) is 14.4 Å². The number of carbonyl (C=O) groups excluding carboxylic acids is 4. The highest BCUT2D eigenvalue weighted by molar-refractivity contribution is 6.34. The summed E-state index contributed by atoms with van der Waals surface area (Å²) >= 11 is 6.11. The summed E-state index contributed by atoms with van der Waals surface area (Å²) in [5, 5.41) is 5.01. The van der Waals surface area contributed by atoms with E-state index in [9.17, 15) is 19.2 Å². The van der Waals surface area contributed by atoms with Gasteiger partial charge in [-0.15, -0.1) is 0 Å². The molecule has 1 aliphatic heterocycles. The van der Waals surface area contributed by atoms with Gasteiger partial charge in [0.1, 0.15) is 0 Å². The third-order valence-corrected chi connectivity index (χ3v) is 3.92. The Labute approximate surface area is 149 Å². The number of anilines is 1. The molecular formula is C16H18ClN3O5. The zero-order valence-electron chi connectivity index (χ0n) is 13.6. The Morgan fingerprint density at radius 1 is 1.28 bits per heavy atom. The van der Waals surface area contributed by atoms with Crippen molar-refractivity contribution in [3.05, 3.63) is 28.8 Å². The van der Waals surface area contributed by atoms with Crippen LogP contribution in [0.15, 0.2) is 18.2 Å². The molecule has 1 saturated heterocycles. The van der Waals surface area contributed by atoms with Crippen molar-refractivity contribution in [2.45, 2.75) is 12.8 Å². The van der Waals surface area contributed by atoms with E-state index in [1.165, 1.54) is 30.1 Å². The van der Waals surface area contributed by atoms with Crippen molar-refractivity contribution >= 4 is 41.0 Å². The normalized spacial score (nSPS) is 13.5. The van der Waals surface area contributed by atoms with Crippen molar-refractivity contribution in [3.8, 4) is 0 Å². The molecule has 1 aromatic carbocycles. The van der Waals surface area contributed by atoms with Gasteiger partial charge in [0.15, 0.2) is 6.61 Å². The number of hydrogen-bond acceptors (Lipinski definition) is 5. The van der Waals surface area contributed by atoms with E-state index in [0.29, 0.717) is 23.7 Å². The maximum atomic E-state index is 12.1. The van der Waals surface area contributed by atoms with Gasteiger partial charge in [-0.05, 0) is 24.6 Å². The molecule has 1 aliphatic rings. The lowest BCUT2D eigenvalue weighted by molar-refractivity contribution is -0.127. The number of nitrogens with zero attached hydrogens (tertiary/aromatic N) is 1. The number of hydrogen-bond donors (Lipinski definition) is 2. The largest absolute Gasteiger partial charge is 0.452 e. The van der Waals surface area contributed by atoms with Gasteiger partial charge >= 0.3 is 5.97 Å². The number of nitrogens with one attached hydrogen (secondary N) is 2. The van der Waals surface area contributed by atoms with Crippen molar-refractivity contribution < 1.29 is 23.9 Å². The second-order valence-electron chi connectivity index (χ2n) is 5.34. The van der Waals surface area contributed by atoms with Crippen molar-refractivity contribution in [3.63, 3.8) is 0 Å². The van der Waals surface area contributed by atoms with Gasteiger partial charge in [0, 0.05) is 20.0 Å². The highest BCUT2D eigenvalue weighted by Gasteiger charge is 2.24. The molecule has 2 rings (SSSR count). The van der Waals surface area contributed by atoms with Gasteiger partial charge in [-0.25, -0.2) is 4.79 Å². The highest BCUT2D eigenvalue weighted by atomic mass is 35.5. The monoisotopic (exact) mass is 367 g/mol. The Morgan fingerprint density at radius 2 is 2.04 bits per heavy atom. The summed E-state index contributed by atoms with van der Waals surface area (Å²) in [5.41, 5.74) is 0.626. The maximum absolute atomic E-state index is 12.1. The average Bonchev–Trinajstić information content (AvgIpc) is 3.03. The number of ether oxygens (including phenoxy) is 1. The van der Waals surface area contributed by atoms with E-state index in [4.69, 9.17) is 16.3 Å². The molecule has 8 nitrogen and oxygen atoms in total. The molecular weight excluding hydrogens is 350 g/mol. The Morgan fingerprint density at radius 3 is 2.68 bits per heavy atom. The number of rotatable bonds is 6. The second-order valence-corrected chi connectivity index (χ2v) is 5.75.